The minimum absolute atomic E-state index is 0.267. The monoisotopic (exact) mass is 240 g/mol. The molecule has 0 N–H and O–H groups in total. The van der Waals surface area contributed by atoms with Gasteiger partial charge >= 0.3 is 5.97 Å². The fourth-order valence-corrected chi connectivity index (χ4v) is 1.51. The van der Waals surface area contributed by atoms with Gasteiger partial charge in [0.05, 0.1) is 19.9 Å². The number of nitrogens with zero attached hydrogens (tertiary/aromatic N) is 4. The van der Waals surface area contributed by atoms with Crippen LogP contribution < -0.4 is 0 Å². The van der Waals surface area contributed by atoms with Crippen molar-refractivity contribution in [3.05, 3.63) is 17.8 Å². The molecule has 7 heteroatoms. The minimum atomic E-state index is -0.276. The standard InChI is InChI=1S/C9H9ClN4O2/c1-16-6(15)2-3-14-5-13-7-8(10)11-4-12-9(7)14/h4-5H,2-3H2,1H3. The molecular weight excluding hydrogens is 232 g/mol. The Hall–Kier alpha value is -1.69. The van der Waals surface area contributed by atoms with Gasteiger partial charge in [0.15, 0.2) is 10.8 Å². The van der Waals surface area contributed by atoms with E-state index >= 15 is 0 Å². The third-order valence-corrected chi connectivity index (χ3v) is 2.42. The van der Waals surface area contributed by atoms with Gasteiger partial charge in [-0.05, 0) is 0 Å². The number of aromatic nitrogens is 4. The van der Waals surface area contributed by atoms with Gasteiger partial charge < -0.3 is 9.30 Å². The highest BCUT2D eigenvalue weighted by molar-refractivity contribution is 6.33. The van der Waals surface area contributed by atoms with E-state index in [1.54, 1.807) is 10.9 Å². The number of esters is 1. The highest BCUT2D eigenvalue weighted by atomic mass is 35.5. The third kappa shape index (κ3) is 1.96. The fraction of sp³-hybridized carbons (Fsp3) is 0.333. The number of imidazole rings is 1. The second-order valence-electron chi connectivity index (χ2n) is 3.10. The SMILES string of the molecule is COC(=O)CCn1cnc2c(Cl)ncnc21. The molecule has 0 atom stereocenters. The predicted molar refractivity (Wildman–Crippen MR) is 57.0 cm³/mol. The largest absolute Gasteiger partial charge is 0.469 e. The number of halogens is 1. The Bertz CT molecular complexity index is 525. The van der Waals surface area contributed by atoms with Crippen molar-refractivity contribution in [1.29, 1.82) is 0 Å². The summed E-state index contributed by atoms with van der Waals surface area (Å²) in [6, 6.07) is 0. The van der Waals surface area contributed by atoms with Crippen LogP contribution in [0.2, 0.25) is 5.15 Å². The number of rotatable bonds is 3. The van der Waals surface area contributed by atoms with Gasteiger partial charge in [0.2, 0.25) is 0 Å². The van der Waals surface area contributed by atoms with Gasteiger partial charge in [-0.25, -0.2) is 15.0 Å². The van der Waals surface area contributed by atoms with E-state index in [4.69, 9.17) is 11.6 Å². The molecule has 0 radical (unpaired) electrons. The van der Waals surface area contributed by atoms with E-state index in [1.165, 1.54) is 13.4 Å². The van der Waals surface area contributed by atoms with Crippen LogP contribution in [0.1, 0.15) is 6.42 Å². The van der Waals surface area contributed by atoms with Gasteiger partial charge in [0.1, 0.15) is 11.8 Å². The first kappa shape index (κ1) is 10.8. The number of hydrogen-bond acceptors (Lipinski definition) is 5. The Labute approximate surface area is 96.2 Å². The van der Waals surface area contributed by atoms with E-state index in [9.17, 15) is 4.79 Å². The summed E-state index contributed by atoms with van der Waals surface area (Å²) in [6.45, 7) is 0.455. The van der Waals surface area contributed by atoms with Gasteiger partial charge in [0, 0.05) is 6.54 Å². The lowest BCUT2D eigenvalue weighted by Gasteiger charge is -2.01. The molecule has 0 spiro atoms. The molecule has 6 nitrogen and oxygen atoms in total. The molecule has 0 amide bonds. The van der Waals surface area contributed by atoms with Crippen molar-refractivity contribution >= 4 is 28.7 Å². The summed E-state index contributed by atoms with van der Waals surface area (Å²) < 4.78 is 6.29. The summed E-state index contributed by atoms with van der Waals surface area (Å²) in [7, 11) is 1.35. The Kier molecular flexibility index (Phi) is 3.00. The lowest BCUT2D eigenvalue weighted by atomic mass is 10.4. The zero-order valence-electron chi connectivity index (χ0n) is 8.55. The van der Waals surface area contributed by atoms with Crippen LogP contribution in [-0.2, 0) is 16.1 Å². The average Bonchev–Trinajstić information content (AvgIpc) is 2.70. The molecule has 0 bridgehead atoms. The molecule has 0 aliphatic carbocycles. The van der Waals surface area contributed by atoms with Crippen LogP contribution in [0.4, 0.5) is 0 Å². The molecule has 0 aliphatic heterocycles. The topological polar surface area (TPSA) is 69.9 Å². The summed E-state index contributed by atoms with van der Waals surface area (Å²) in [5.74, 6) is -0.276. The first-order valence-corrected chi connectivity index (χ1v) is 4.98. The maximum absolute atomic E-state index is 11.0. The van der Waals surface area contributed by atoms with Gasteiger partial charge in [0.25, 0.3) is 0 Å². The van der Waals surface area contributed by atoms with E-state index < -0.39 is 0 Å². The van der Waals surface area contributed by atoms with Crippen LogP contribution in [0.25, 0.3) is 11.2 Å². The first-order valence-electron chi connectivity index (χ1n) is 4.60. The lowest BCUT2D eigenvalue weighted by molar-refractivity contribution is -0.140. The first-order chi connectivity index (χ1) is 7.72. The van der Waals surface area contributed by atoms with Gasteiger partial charge in [-0.15, -0.1) is 0 Å². The number of carbonyl (C=O) groups excluding carboxylic acids is 1. The van der Waals surface area contributed by atoms with Crippen molar-refractivity contribution in [3.63, 3.8) is 0 Å². The zero-order chi connectivity index (χ0) is 11.5. The second kappa shape index (κ2) is 4.44. The number of hydrogen-bond donors (Lipinski definition) is 0. The van der Waals surface area contributed by atoms with Crippen LogP contribution in [0, 0.1) is 0 Å². The van der Waals surface area contributed by atoms with Crippen LogP contribution in [0.3, 0.4) is 0 Å². The summed E-state index contributed by atoms with van der Waals surface area (Å²) in [6.07, 6.45) is 3.21. The molecule has 0 fully saturated rings. The Balaban J connectivity index is 2.25. The number of ether oxygens (including phenoxy) is 1. The number of fused-ring (bicyclic) bond motifs is 1. The average molecular weight is 241 g/mol. The highest BCUT2D eigenvalue weighted by Gasteiger charge is 2.09. The number of carbonyl (C=O) groups is 1. The Morgan fingerprint density at radius 1 is 1.50 bits per heavy atom. The molecule has 0 saturated carbocycles. The number of aryl methyl sites for hydroxylation is 1. The van der Waals surface area contributed by atoms with Crippen LogP contribution in [0.5, 0.6) is 0 Å². The summed E-state index contributed by atoms with van der Waals surface area (Å²) >= 11 is 5.84. The van der Waals surface area contributed by atoms with Crippen LogP contribution >= 0.6 is 11.6 Å². The highest BCUT2D eigenvalue weighted by Crippen LogP contribution is 2.17. The van der Waals surface area contributed by atoms with Gasteiger partial charge in [-0.1, -0.05) is 11.6 Å². The number of methoxy groups -OCH3 is 1. The van der Waals surface area contributed by atoms with Crippen molar-refractivity contribution in [3.8, 4) is 0 Å². The summed E-state index contributed by atoms with van der Waals surface area (Å²) in [5.41, 5.74) is 1.15. The fourth-order valence-electron chi connectivity index (χ4n) is 1.33. The van der Waals surface area contributed by atoms with E-state index in [0.29, 0.717) is 22.9 Å². The van der Waals surface area contributed by atoms with E-state index in [0.717, 1.165) is 0 Å². The summed E-state index contributed by atoms with van der Waals surface area (Å²) in [4.78, 5) is 22.9. The Morgan fingerprint density at radius 2 is 2.31 bits per heavy atom. The maximum Gasteiger partial charge on any atom is 0.307 e. The van der Waals surface area contributed by atoms with Crippen LogP contribution in [0.15, 0.2) is 12.7 Å². The molecule has 2 rings (SSSR count). The normalized spacial score (nSPS) is 10.6. The second-order valence-corrected chi connectivity index (χ2v) is 3.46. The zero-order valence-corrected chi connectivity index (χ0v) is 9.31. The summed E-state index contributed by atoms with van der Waals surface area (Å²) in [5, 5.41) is 0.307. The lowest BCUT2D eigenvalue weighted by Crippen LogP contribution is -2.06. The molecule has 0 saturated heterocycles. The molecule has 2 heterocycles. The molecule has 0 aromatic carbocycles. The van der Waals surface area contributed by atoms with Gasteiger partial charge in [-0.2, -0.15) is 0 Å². The molecule has 2 aromatic rings. The van der Waals surface area contributed by atoms with E-state index in [-0.39, 0.29) is 12.4 Å². The quantitative estimate of drug-likeness (QED) is 0.592. The Morgan fingerprint density at radius 3 is 3.06 bits per heavy atom. The smallest absolute Gasteiger partial charge is 0.307 e. The van der Waals surface area contributed by atoms with Crippen molar-refractivity contribution in [2.24, 2.45) is 0 Å². The maximum atomic E-state index is 11.0. The van der Waals surface area contributed by atoms with Crippen molar-refractivity contribution in [2.75, 3.05) is 7.11 Å². The minimum Gasteiger partial charge on any atom is -0.469 e. The predicted octanol–water partition coefficient (Wildman–Crippen LogP) is 1.04. The molecule has 84 valence electrons. The van der Waals surface area contributed by atoms with Gasteiger partial charge in [-0.3, -0.25) is 4.79 Å². The van der Waals surface area contributed by atoms with E-state index in [1.807, 2.05) is 0 Å². The van der Waals surface area contributed by atoms with Crippen molar-refractivity contribution in [1.82, 2.24) is 19.5 Å². The molecule has 2 aromatic heterocycles. The third-order valence-electron chi connectivity index (χ3n) is 2.14. The van der Waals surface area contributed by atoms with Crippen molar-refractivity contribution < 1.29 is 9.53 Å². The molecule has 0 unspecified atom stereocenters. The molecule has 0 aliphatic rings. The van der Waals surface area contributed by atoms with Crippen molar-refractivity contribution in [2.45, 2.75) is 13.0 Å². The molecule has 16 heavy (non-hydrogen) atoms. The van der Waals surface area contributed by atoms with Crippen LogP contribution in [-0.4, -0.2) is 32.6 Å². The molecular formula is C9H9ClN4O2. The van der Waals surface area contributed by atoms with E-state index in [2.05, 4.69) is 19.7 Å².